The second kappa shape index (κ2) is 7.97. The van der Waals surface area contributed by atoms with Crippen LogP contribution in [0.15, 0.2) is 42.5 Å². The molecule has 0 spiro atoms. The monoisotopic (exact) mass is 326 g/mol. The number of carbonyl (C=O) groups is 1. The van der Waals surface area contributed by atoms with Crippen molar-refractivity contribution in [2.75, 3.05) is 37.9 Å². The summed E-state index contributed by atoms with van der Waals surface area (Å²) in [6, 6.07) is 14.5. The van der Waals surface area contributed by atoms with Gasteiger partial charge in [0.15, 0.2) is 6.54 Å². The van der Waals surface area contributed by atoms with Crippen LogP contribution in [0.1, 0.15) is 16.7 Å². The second-order valence-corrected chi connectivity index (χ2v) is 6.74. The van der Waals surface area contributed by atoms with E-state index < -0.39 is 0 Å². The average molecular weight is 326 g/mol. The summed E-state index contributed by atoms with van der Waals surface area (Å²) < 4.78 is 0. The van der Waals surface area contributed by atoms with E-state index in [1.165, 1.54) is 16.8 Å². The van der Waals surface area contributed by atoms with E-state index in [2.05, 4.69) is 47.5 Å². The van der Waals surface area contributed by atoms with Gasteiger partial charge in [-0.2, -0.15) is 0 Å². The van der Waals surface area contributed by atoms with E-state index in [1.54, 1.807) is 0 Å². The highest BCUT2D eigenvalue weighted by atomic mass is 16.2. The van der Waals surface area contributed by atoms with Gasteiger partial charge in [0.2, 0.25) is 0 Å². The normalized spacial score (nSPS) is 11.9. The van der Waals surface area contributed by atoms with Crippen molar-refractivity contribution in [3.05, 3.63) is 59.2 Å². The molecule has 0 aliphatic rings. The first-order valence-electron chi connectivity index (χ1n) is 8.30. The third kappa shape index (κ3) is 5.10. The number of hydrogen-bond acceptors (Lipinski definition) is 2. The summed E-state index contributed by atoms with van der Waals surface area (Å²) in [4.78, 5) is 15.5. The van der Waals surface area contributed by atoms with Crippen LogP contribution in [-0.4, -0.2) is 33.6 Å². The minimum absolute atomic E-state index is 0.0457. The van der Waals surface area contributed by atoms with Crippen LogP contribution in [-0.2, 0) is 11.3 Å². The zero-order chi connectivity index (χ0) is 17.7. The van der Waals surface area contributed by atoms with Gasteiger partial charge in [0.05, 0.1) is 7.05 Å². The first-order chi connectivity index (χ1) is 11.3. The van der Waals surface area contributed by atoms with Crippen LogP contribution < -0.4 is 15.1 Å². The van der Waals surface area contributed by atoms with Gasteiger partial charge in [0.25, 0.3) is 5.91 Å². The van der Waals surface area contributed by atoms with Crippen LogP contribution >= 0.6 is 0 Å². The lowest BCUT2D eigenvalue weighted by Gasteiger charge is -2.16. The lowest BCUT2D eigenvalue weighted by Crippen LogP contribution is -3.08. The molecule has 4 heteroatoms. The lowest BCUT2D eigenvalue weighted by molar-refractivity contribution is -0.885. The number of likely N-dealkylation sites (N-methyl/N-ethyl adjacent to an activating group) is 1. The molecule has 0 radical (unpaired) electrons. The van der Waals surface area contributed by atoms with Gasteiger partial charge in [0.1, 0.15) is 6.54 Å². The third-order valence-electron chi connectivity index (χ3n) is 4.08. The number of aryl methyl sites for hydroxylation is 2. The van der Waals surface area contributed by atoms with E-state index in [-0.39, 0.29) is 5.91 Å². The molecule has 0 aliphatic heterocycles. The van der Waals surface area contributed by atoms with Gasteiger partial charge in [0, 0.05) is 31.0 Å². The number of carbonyl (C=O) groups excluding carboxylic acids is 1. The summed E-state index contributed by atoms with van der Waals surface area (Å²) in [6.07, 6.45) is 0. The van der Waals surface area contributed by atoms with Gasteiger partial charge < -0.3 is 15.1 Å². The predicted molar refractivity (Wildman–Crippen MR) is 101 cm³/mol. The van der Waals surface area contributed by atoms with Gasteiger partial charge in [-0.05, 0) is 37.6 Å². The molecule has 24 heavy (non-hydrogen) atoms. The number of amides is 1. The maximum Gasteiger partial charge on any atom is 0.279 e. The molecule has 2 N–H and O–H groups in total. The molecule has 128 valence electrons. The van der Waals surface area contributed by atoms with Crippen LogP contribution in [0.5, 0.6) is 0 Å². The van der Waals surface area contributed by atoms with Crippen molar-refractivity contribution in [3.8, 4) is 0 Å². The minimum Gasteiger partial charge on any atom is -0.378 e. The van der Waals surface area contributed by atoms with Crippen molar-refractivity contribution < 1.29 is 9.69 Å². The molecule has 1 atom stereocenters. The fraction of sp³-hybridized carbons (Fsp3) is 0.350. The zero-order valence-electron chi connectivity index (χ0n) is 15.3. The van der Waals surface area contributed by atoms with Crippen molar-refractivity contribution in [2.24, 2.45) is 0 Å². The molecule has 1 amide bonds. The Hall–Kier alpha value is -2.33. The lowest BCUT2D eigenvalue weighted by atomic mass is 10.1. The second-order valence-electron chi connectivity index (χ2n) is 6.74. The van der Waals surface area contributed by atoms with E-state index in [1.807, 2.05) is 40.2 Å². The number of nitrogens with one attached hydrogen (secondary N) is 2. The van der Waals surface area contributed by atoms with Crippen LogP contribution in [0.3, 0.4) is 0 Å². The number of hydrogen-bond donors (Lipinski definition) is 2. The van der Waals surface area contributed by atoms with Crippen LogP contribution in [0.4, 0.5) is 11.4 Å². The molecule has 1 unspecified atom stereocenters. The topological polar surface area (TPSA) is 36.8 Å². The minimum atomic E-state index is 0.0457. The molecule has 0 heterocycles. The van der Waals surface area contributed by atoms with Crippen molar-refractivity contribution in [1.82, 2.24) is 0 Å². The van der Waals surface area contributed by atoms with Gasteiger partial charge in [-0.25, -0.2) is 0 Å². The Morgan fingerprint density at radius 3 is 2.33 bits per heavy atom. The summed E-state index contributed by atoms with van der Waals surface area (Å²) in [5.41, 5.74) is 5.62. The number of rotatable bonds is 6. The van der Waals surface area contributed by atoms with Gasteiger partial charge >= 0.3 is 0 Å². The molecule has 2 aromatic rings. The molecular formula is C20H28N3O+. The zero-order valence-corrected chi connectivity index (χ0v) is 15.3. The highest BCUT2D eigenvalue weighted by Gasteiger charge is 2.12. The van der Waals surface area contributed by atoms with E-state index in [9.17, 15) is 4.79 Å². The fourth-order valence-electron chi connectivity index (χ4n) is 2.75. The highest BCUT2D eigenvalue weighted by molar-refractivity contribution is 5.92. The first-order valence-corrected chi connectivity index (χ1v) is 8.30. The van der Waals surface area contributed by atoms with E-state index in [4.69, 9.17) is 0 Å². The molecule has 0 bridgehead atoms. The predicted octanol–water partition coefficient (Wildman–Crippen LogP) is 2.02. The molecule has 0 aromatic heterocycles. The standard InChI is InChI=1S/C20H27N3O/c1-15-6-11-19(16(2)12-15)21-20(24)14-23(5)13-17-7-9-18(10-8-17)22(3)4/h6-12H,13-14H2,1-5H3,(H,21,24)/p+1. The molecule has 4 nitrogen and oxygen atoms in total. The maximum atomic E-state index is 12.3. The molecule has 0 fully saturated rings. The maximum absolute atomic E-state index is 12.3. The largest absolute Gasteiger partial charge is 0.378 e. The van der Waals surface area contributed by atoms with E-state index in [0.717, 1.165) is 22.7 Å². The Morgan fingerprint density at radius 1 is 1.08 bits per heavy atom. The number of benzene rings is 2. The SMILES string of the molecule is Cc1ccc(NC(=O)C[NH+](C)Cc2ccc(N(C)C)cc2)c(C)c1. The van der Waals surface area contributed by atoms with Gasteiger partial charge in [-0.3, -0.25) is 4.79 Å². The summed E-state index contributed by atoms with van der Waals surface area (Å²) >= 11 is 0. The average Bonchev–Trinajstić information content (AvgIpc) is 2.50. The quantitative estimate of drug-likeness (QED) is 0.852. The molecule has 0 saturated carbocycles. The van der Waals surface area contributed by atoms with E-state index >= 15 is 0 Å². The van der Waals surface area contributed by atoms with Gasteiger partial charge in [-0.1, -0.05) is 29.8 Å². The Morgan fingerprint density at radius 2 is 1.75 bits per heavy atom. The smallest absolute Gasteiger partial charge is 0.279 e. The molecule has 2 rings (SSSR count). The van der Waals surface area contributed by atoms with E-state index in [0.29, 0.717) is 6.54 Å². The first kappa shape index (κ1) is 18.0. The van der Waals surface area contributed by atoms with Crippen LogP contribution in [0.25, 0.3) is 0 Å². The van der Waals surface area contributed by atoms with Crippen molar-refractivity contribution in [2.45, 2.75) is 20.4 Å². The fourth-order valence-corrected chi connectivity index (χ4v) is 2.75. The van der Waals surface area contributed by atoms with Crippen LogP contribution in [0, 0.1) is 13.8 Å². The third-order valence-corrected chi connectivity index (χ3v) is 4.08. The molecular weight excluding hydrogens is 298 g/mol. The van der Waals surface area contributed by atoms with Crippen molar-refractivity contribution in [3.63, 3.8) is 0 Å². The Kier molecular flexibility index (Phi) is 5.99. The number of quaternary nitrogens is 1. The number of anilines is 2. The Balaban J connectivity index is 1.89. The molecule has 0 aliphatic carbocycles. The summed E-state index contributed by atoms with van der Waals surface area (Å²) in [5.74, 6) is 0.0457. The molecule has 2 aromatic carbocycles. The van der Waals surface area contributed by atoms with Crippen LogP contribution in [0.2, 0.25) is 0 Å². The summed E-state index contributed by atoms with van der Waals surface area (Å²) in [5, 5.41) is 3.01. The Labute approximate surface area is 145 Å². The van der Waals surface area contributed by atoms with Gasteiger partial charge in [-0.15, -0.1) is 0 Å². The highest BCUT2D eigenvalue weighted by Crippen LogP contribution is 2.15. The number of nitrogens with zero attached hydrogens (tertiary/aromatic N) is 1. The summed E-state index contributed by atoms with van der Waals surface area (Å²) in [6.45, 7) is 5.35. The van der Waals surface area contributed by atoms with Crippen molar-refractivity contribution >= 4 is 17.3 Å². The Bertz CT molecular complexity index is 693. The summed E-state index contributed by atoms with van der Waals surface area (Å²) in [7, 11) is 6.11. The molecule has 0 saturated heterocycles. The van der Waals surface area contributed by atoms with Crippen molar-refractivity contribution in [1.29, 1.82) is 0 Å².